The van der Waals surface area contributed by atoms with E-state index in [1.165, 1.54) is 0 Å². The van der Waals surface area contributed by atoms with Crippen LogP contribution in [0.1, 0.15) is 12.0 Å². The van der Waals surface area contributed by atoms with Gasteiger partial charge < -0.3 is 10.5 Å². The maximum absolute atomic E-state index is 6.11. The molecule has 1 aromatic rings. The van der Waals surface area contributed by atoms with Crippen LogP contribution in [0.25, 0.3) is 0 Å². The molecule has 0 saturated heterocycles. The molecule has 0 spiro atoms. The molecule has 1 rings (SSSR count). The van der Waals surface area contributed by atoms with Crippen LogP contribution in [-0.2, 0) is 6.42 Å². The van der Waals surface area contributed by atoms with Gasteiger partial charge in [-0.05, 0) is 43.5 Å². The number of ether oxygens (including phenoxy) is 1. The summed E-state index contributed by atoms with van der Waals surface area (Å²) in [7, 11) is 0. The number of hydrogen-bond acceptors (Lipinski definition) is 3. The lowest BCUT2D eigenvalue weighted by atomic mass is 10.1. The molecule has 0 aliphatic rings. The fourth-order valence-electron chi connectivity index (χ4n) is 1.45. The second kappa shape index (κ2) is 7.82. The van der Waals surface area contributed by atoms with Gasteiger partial charge >= 0.3 is 0 Å². The summed E-state index contributed by atoms with van der Waals surface area (Å²) in [5.41, 5.74) is 6.58. The average molecular weight is 260 g/mol. The molecule has 4 heteroatoms. The zero-order valence-electron chi connectivity index (χ0n) is 9.54. The summed E-state index contributed by atoms with van der Waals surface area (Å²) in [6, 6.07) is 5.74. The van der Waals surface area contributed by atoms with Crippen molar-refractivity contribution >= 4 is 23.4 Å². The largest absolute Gasteiger partial charge is 0.493 e. The van der Waals surface area contributed by atoms with Crippen LogP contribution >= 0.6 is 23.4 Å². The molecule has 0 heterocycles. The molecule has 1 aromatic carbocycles. The first-order chi connectivity index (χ1) is 7.79. The van der Waals surface area contributed by atoms with E-state index in [1.807, 2.05) is 30.0 Å². The molecule has 0 amide bonds. The summed E-state index contributed by atoms with van der Waals surface area (Å²) >= 11 is 7.94. The lowest BCUT2D eigenvalue weighted by Gasteiger charge is -2.12. The standard InChI is InChI=1S/C12H18ClNOS/c1-16-9-3-8-15-12-5-2-4-11(13)10(12)6-7-14/h2,4-5H,3,6-9,14H2,1H3. The summed E-state index contributed by atoms with van der Waals surface area (Å²) in [5.74, 6) is 1.99. The molecular formula is C12H18ClNOS. The Hall–Kier alpha value is -0.380. The Balaban J connectivity index is 2.59. The van der Waals surface area contributed by atoms with Gasteiger partial charge in [-0.25, -0.2) is 0 Å². The minimum absolute atomic E-state index is 0.588. The molecular weight excluding hydrogens is 242 g/mol. The average Bonchev–Trinajstić information content (AvgIpc) is 2.29. The fraction of sp³-hybridized carbons (Fsp3) is 0.500. The quantitative estimate of drug-likeness (QED) is 0.765. The Morgan fingerprint density at radius 2 is 2.25 bits per heavy atom. The first kappa shape index (κ1) is 13.7. The minimum Gasteiger partial charge on any atom is -0.493 e. The Kier molecular flexibility index (Phi) is 6.69. The van der Waals surface area contributed by atoms with Crippen molar-refractivity contribution in [1.29, 1.82) is 0 Å². The number of nitrogens with two attached hydrogens (primary N) is 1. The van der Waals surface area contributed by atoms with E-state index in [0.717, 1.165) is 41.5 Å². The van der Waals surface area contributed by atoms with Gasteiger partial charge in [-0.1, -0.05) is 17.7 Å². The monoisotopic (exact) mass is 259 g/mol. The molecule has 0 unspecified atom stereocenters. The van der Waals surface area contributed by atoms with E-state index in [9.17, 15) is 0 Å². The Bertz CT molecular complexity index is 320. The Morgan fingerprint density at radius 1 is 1.44 bits per heavy atom. The predicted molar refractivity (Wildman–Crippen MR) is 72.7 cm³/mol. The molecule has 2 N–H and O–H groups in total. The highest BCUT2D eigenvalue weighted by Crippen LogP contribution is 2.26. The molecule has 0 fully saturated rings. The zero-order valence-corrected chi connectivity index (χ0v) is 11.1. The number of thioether (sulfide) groups is 1. The van der Waals surface area contributed by atoms with Crippen LogP contribution in [0.2, 0.25) is 5.02 Å². The van der Waals surface area contributed by atoms with Gasteiger partial charge in [0.25, 0.3) is 0 Å². The van der Waals surface area contributed by atoms with Gasteiger partial charge in [0.2, 0.25) is 0 Å². The Labute approximate surface area is 107 Å². The molecule has 0 atom stereocenters. The van der Waals surface area contributed by atoms with E-state index in [0.29, 0.717) is 6.54 Å². The highest BCUT2D eigenvalue weighted by Gasteiger charge is 2.06. The summed E-state index contributed by atoms with van der Waals surface area (Å²) in [6.45, 7) is 1.32. The first-order valence-corrected chi connectivity index (χ1v) is 7.16. The van der Waals surface area contributed by atoms with Crippen LogP contribution in [0.3, 0.4) is 0 Å². The SMILES string of the molecule is CSCCCOc1cccc(Cl)c1CCN. The highest BCUT2D eigenvalue weighted by atomic mass is 35.5. The normalized spacial score (nSPS) is 10.4. The van der Waals surface area contributed by atoms with Crippen LogP contribution in [0.15, 0.2) is 18.2 Å². The number of benzene rings is 1. The molecule has 0 radical (unpaired) electrons. The first-order valence-electron chi connectivity index (χ1n) is 5.38. The van der Waals surface area contributed by atoms with Crippen LogP contribution in [-0.4, -0.2) is 25.2 Å². The third-order valence-corrected chi connectivity index (χ3v) is 3.27. The third kappa shape index (κ3) is 4.24. The van der Waals surface area contributed by atoms with E-state index >= 15 is 0 Å². The summed E-state index contributed by atoms with van der Waals surface area (Å²) in [5, 5.41) is 0.743. The van der Waals surface area contributed by atoms with Crippen LogP contribution < -0.4 is 10.5 Å². The van der Waals surface area contributed by atoms with E-state index in [1.54, 1.807) is 0 Å². The maximum Gasteiger partial charge on any atom is 0.124 e. The molecule has 2 nitrogen and oxygen atoms in total. The minimum atomic E-state index is 0.588. The zero-order chi connectivity index (χ0) is 11.8. The van der Waals surface area contributed by atoms with Gasteiger partial charge in [0, 0.05) is 10.6 Å². The van der Waals surface area contributed by atoms with Crippen LogP contribution in [0, 0.1) is 0 Å². The van der Waals surface area contributed by atoms with Crippen LogP contribution in [0.4, 0.5) is 0 Å². The van der Waals surface area contributed by atoms with E-state index in [-0.39, 0.29) is 0 Å². The summed E-state index contributed by atoms with van der Waals surface area (Å²) < 4.78 is 5.72. The van der Waals surface area contributed by atoms with Gasteiger partial charge in [-0.2, -0.15) is 11.8 Å². The van der Waals surface area contributed by atoms with E-state index in [2.05, 4.69) is 6.26 Å². The topological polar surface area (TPSA) is 35.2 Å². The highest BCUT2D eigenvalue weighted by molar-refractivity contribution is 7.98. The molecule has 90 valence electrons. The van der Waals surface area contributed by atoms with E-state index < -0.39 is 0 Å². The van der Waals surface area contributed by atoms with Crippen molar-refractivity contribution in [1.82, 2.24) is 0 Å². The molecule has 0 aliphatic carbocycles. The van der Waals surface area contributed by atoms with Crippen molar-refractivity contribution in [3.63, 3.8) is 0 Å². The van der Waals surface area contributed by atoms with Gasteiger partial charge in [0.15, 0.2) is 0 Å². The van der Waals surface area contributed by atoms with Gasteiger partial charge in [-0.15, -0.1) is 0 Å². The smallest absolute Gasteiger partial charge is 0.124 e. The predicted octanol–water partition coefficient (Wildman–Crippen LogP) is 2.97. The van der Waals surface area contributed by atoms with Crippen molar-refractivity contribution in [2.45, 2.75) is 12.8 Å². The van der Waals surface area contributed by atoms with Crippen molar-refractivity contribution in [3.8, 4) is 5.75 Å². The maximum atomic E-state index is 6.11. The molecule has 0 aromatic heterocycles. The van der Waals surface area contributed by atoms with Gasteiger partial charge in [0.1, 0.15) is 5.75 Å². The lowest BCUT2D eigenvalue weighted by molar-refractivity contribution is 0.315. The molecule has 0 bridgehead atoms. The van der Waals surface area contributed by atoms with Crippen LogP contribution in [0.5, 0.6) is 5.75 Å². The number of rotatable bonds is 7. The van der Waals surface area contributed by atoms with Gasteiger partial charge in [-0.3, -0.25) is 0 Å². The summed E-state index contributed by atoms with van der Waals surface area (Å²) in [6.07, 6.45) is 3.91. The number of halogens is 1. The molecule has 16 heavy (non-hydrogen) atoms. The molecule has 0 saturated carbocycles. The number of hydrogen-bond donors (Lipinski definition) is 1. The second-order valence-corrected chi connectivity index (χ2v) is 4.84. The third-order valence-electron chi connectivity index (χ3n) is 2.22. The van der Waals surface area contributed by atoms with Crippen molar-refractivity contribution in [2.75, 3.05) is 25.2 Å². The lowest BCUT2D eigenvalue weighted by Crippen LogP contribution is -2.07. The second-order valence-electron chi connectivity index (χ2n) is 3.45. The van der Waals surface area contributed by atoms with Gasteiger partial charge in [0.05, 0.1) is 6.61 Å². The Morgan fingerprint density at radius 3 is 2.94 bits per heavy atom. The molecule has 0 aliphatic heterocycles. The van der Waals surface area contributed by atoms with Crippen molar-refractivity contribution in [3.05, 3.63) is 28.8 Å². The van der Waals surface area contributed by atoms with Crippen molar-refractivity contribution in [2.24, 2.45) is 5.73 Å². The van der Waals surface area contributed by atoms with Crippen molar-refractivity contribution < 1.29 is 4.74 Å². The summed E-state index contributed by atoms with van der Waals surface area (Å²) in [4.78, 5) is 0. The van der Waals surface area contributed by atoms with E-state index in [4.69, 9.17) is 22.1 Å². The fourth-order valence-corrected chi connectivity index (χ4v) is 2.11.